The molecular weight excluding hydrogens is 442 g/mol. The molecule has 0 bridgehead atoms. The van der Waals surface area contributed by atoms with Gasteiger partial charge in [0.25, 0.3) is 0 Å². The van der Waals surface area contributed by atoms with Crippen LogP contribution in [0.3, 0.4) is 0 Å². The molecule has 0 unspecified atom stereocenters. The normalized spacial score (nSPS) is 10.7. The molecule has 0 N–H and O–H groups in total. The van der Waals surface area contributed by atoms with Gasteiger partial charge in [0.1, 0.15) is 0 Å². The van der Waals surface area contributed by atoms with Crippen LogP contribution in [-0.2, 0) is 0 Å². The molecule has 182 valence electrons. The fourth-order valence-electron chi connectivity index (χ4n) is 3.74. The van der Waals surface area contributed by atoms with Crippen LogP contribution in [-0.4, -0.2) is 4.57 Å². The zero-order valence-corrected chi connectivity index (χ0v) is 23.1. The summed E-state index contributed by atoms with van der Waals surface area (Å²) in [5, 5.41) is 3.45. The number of thiophene rings is 1. The number of aryl methyl sites for hydroxylation is 1. The summed E-state index contributed by atoms with van der Waals surface area (Å²) in [5.41, 5.74) is 7.50. The molecule has 0 fully saturated rings. The lowest BCUT2D eigenvalue weighted by Crippen LogP contribution is -1.97. The van der Waals surface area contributed by atoms with Crippen LogP contribution in [0.2, 0.25) is 0 Å². The van der Waals surface area contributed by atoms with E-state index in [0.717, 1.165) is 11.8 Å². The summed E-state index contributed by atoms with van der Waals surface area (Å²) >= 11 is 1.80. The van der Waals surface area contributed by atoms with E-state index in [1.807, 2.05) is 0 Å². The predicted octanol–water partition coefficient (Wildman–Crippen LogP) is 10.7. The second-order valence-electron chi connectivity index (χ2n) is 10.2. The van der Waals surface area contributed by atoms with Crippen LogP contribution >= 0.6 is 11.3 Å². The highest BCUT2D eigenvalue weighted by molar-refractivity contribution is 7.13. The topological polar surface area (TPSA) is 4.93 Å². The molecule has 0 atom stereocenters. The van der Waals surface area contributed by atoms with E-state index in [2.05, 4.69) is 149 Å². The Kier molecular flexibility index (Phi) is 9.51. The van der Waals surface area contributed by atoms with Gasteiger partial charge in [0, 0.05) is 21.5 Å². The van der Waals surface area contributed by atoms with Crippen molar-refractivity contribution in [2.24, 2.45) is 11.8 Å². The number of benzene rings is 3. The standard InChI is InChI=1S/C25H19NS.2C4H10/c1-18-13-15-20(16-14-18)26-22-11-6-5-10-21(22)24(23-12-7-17-27-23)25(26)19-8-3-2-4-9-19;2*1-4(2)3/h2-17H,1H3;2*4H,1-3H3. The molecule has 0 aliphatic heterocycles. The van der Waals surface area contributed by atoms with E-state index in [4.69, 9.17) is 0 Å². The van der Waals surface area contributed by atoms with Crippen molar-refractivity contribution in [1.29, 1.82) is 0 Å². The molecule has 2 heteroatoms. The number of hydrogen-bond donors (Lipinski definition) is 0. The van der Waals surface area contributed by atoms with Crippen molar-refractivity contribution in [3.05, 3.63) is 102 Å². The summed E-state index contributed by atoms with van der Waals surface area (Å²) < 4.78 is 2.40. The summed E-state index contributed by atoms with van der Waals surface area (Å²) in [4.78, 5) is 1.30. The van der Waals surface area contributed by atoms with Gasteiger partial charge < -0.3 is 4.57 Å². The maximum atomic E-state index is 2.40. The van der Waals surface area contributed by atoms with Gasteiger partial charge in [0.2, 0.25) is 0 Å². The molecule has 3 aromatic carbocycles. The Bertz CT molecular complexity index is 1280. The van der Waals surface area contributed by atoms with Crippen LogP contribution in [0.25, 0.3) is 38.3 Å². The summed E-state index contributed by atoms with van der Waals surface area (Å²) in [6.45, 7) is 15.1. The maximum Gasteiger partial charge on any atom is 0.0627 e. The zero-order chi connectivity index (χ0) is 25.4. The minimum Gasteiger partial charge on any atom is -0.309 e. The third-order valence-corrected chi connectivity index (χ3v) is 5.87. The molecule has 0 spiro atoms. The number of aromatic nitrogens is 1. The van der Waals surface area contributed by atoms with Gasteiger partial charge in [-0.15, -0.1) is 11.3 Å². The third-order valence-electron chi connectivity index (χ3n) is 4.98. The van der Waals surface area contributed by atoms with E-state index >= 15 is 0 Å². The van der Waals surface area contributed by atoms with E-state index < -0.39 is 0 Å². The van der Waals surface area contributed by atoms with Crippen LogP contribution in [0.1, 0.15) is 47.1 Å². The molecule has 35 heavy (non-hydrogen) atoms. The Labute approximate surface area is 216 Å². The lowest BCUT2D eigenvalue weighted by molar-refractivity contribution is 0.736. The van der Waals surface area contributed by atoms with Crippen LogP contribution < -0.4 is 0 Å². The Morgan fingerprint density at radius 1 is 0.629 bits per heavy atom. The number of fused-ring (bicyclic) bond motifs is 1. The molecule has 0 saturated heterocycles. The van der Waals surface area contributed by atoms with Gasteiger partial charge in [-0.25, -0.2) is 0 Å². The second kappa shape index (κ2) is 12.6. The molecule has 0 aliphatic rings. The van der Waals surface area contributed by atoms with E-state index in [-0.39, 0.29) is 0 Å². The van der Waals surface area contributed by atoms with Crippen molar-refractivity contribution in [2.75, 3.05) is 0 Å². The highest BCUT2D eigenvalue weighted by atomic mass is 32.1. The first-order valence-electron chi connectivity index (χ1n) is 12.6. The first kappa shape index (κ1) is 26.5. The minimum absolute atomic E-state index is 0.833. The summed E-state index contributed by atoms with van der Waals surface area (Å²) in [6.07, 6.45) is 0. The average Bonchev–Trinajstić information content (AvgIpc) is 3.45. The van der Waals surface area contributed by atoms with Crippen molar-refractivity contribution in [3.63, 3.8) is 0 Å². The van der Waals surface area contributed by atoms with Gasteiger partial charge in [0.05, 0.1) is 11.2 Å². The van der Waals surface area contributed by atoms with Crippen molar-refractivity contribution >= 4 is 22.2 Å². The molecule has 0 saturated carbocycles. The molecule has 2 aromatic heterocycles. The summed E-state index contributed by atoms with van der Waals surface area (Å²) in [5.74, 6) is 1.67. The monoisotopic (exact) mass is 481 g/mol. The second-order valence-corrected chi connectivity index (χ2v) is 11.2. The number of rotatable bonds is 3. The van der Waals surface area contributed by atoms with Crippen molar-refractivity contribution in [3.8, 4) is 27.4 Å². The van der Waals surface area contributed by atoms with Crippen LogP contribution in [0.15, 0.2) is 96.4 Å². The zero-order valence-electron chi connectivity index (χ0n) is 22.2. The number of para-hydroxylation sites is 1. The van der Waals surface area contributed by atoms with Crippen molar-refractivity contribution < 1.29 is 0 Å². The Balaban J connectivity index is 0.000000376. The van der Waals surface area contributed by atoms with Crippen molar-refractivity contribution in [2.45, 2.75) is 48.5 Å². The largest absolute Gasteiger partial charge is 0.309 e. The predicted molar refractivity (Wildman–Crippen MR) is 158 cm³/mol. The van der Waals surface area contributed by atoms with Gasteiger partial charge in [-0.1, -0.05) is 114 Å². The number of hydrogen-bond acceptors (Lipinski definition) is 1. The van der Waals surface area contributed by atoms with Gasteiger partial charge in [0.15, 0.2) is 0 Å². The summed E-state index contributed by atoms with van der Waals surface area (Å²) in [7, 11) is 0. The lowest BCUT2D eigenvalue weighted by Gasteiger charge is -2.13. The first-order chi connectivity index (χ1) is 16.8. The molecule has 1 nitrogen and oxygen atoms in total. The number of nitrogens with zero attached hydrogens (tertiary/aromatic N) is 1. The van der Waals surface area contributed by atoms with Crippen LogP contribution in [0, 0.1) is 18.8 Å². The van der Waals surface area contributed by atoms with Crippen LogP contribution in [0.5, 0.6) is 0 Å². The SMILES string of the molecule is CC(C)C.CC(C)C.Cc1ccc(-n2c(-c3ccccc3)c(-c3cccs3)c3ccccc32)cc1. The fourth-order valence-corrected chi connectivity index (χ4v) is 4.53. The van der Waals surface area contributed by atoms with E-state index in [9.17, 15) is 0 Å². The molecule has 2 heterocycles. The third kappa shape index (κ3) is 6.96. The minimum atomic E-state index is 0.833. The Morgan fingerprint density at radius 3 is 1.77 bits per heavy atom. The van der Waals surface area contributed by atoms with Gasteiger partial charge in [-0.3, -0.25) is 0 Å². The molecule has 0 aliphatic carbocycles. The smallest absolute Gasteiger partial charge is 0.0627 e. The quantitative estimate of drug-likeness (QED) is 0.241. The highest BCUT2D eigenvalue weighted by Gasteiger charge is 2.21. The van der Waals surface area contributed by atoms with E-state index in [1.54, 1.807) is 11.3 Å². The first-order valence-corrected chi connectivity index (χ1v) is 13.5. The van der Waals surface area contributed by atoms with E-state index in [1.165, 1.54) is 43.9 Å². The maximum absolute atomic E-state index is 2.40. The van der Waals surface area contributed by atoms with Gasteiger partial charge >= 0.3 is 0 Å². The molecule has 5 rings (SSSR count). The van der Waals surface area contributed by atoms with Crippen LogP contribution in [0.4, 0.5) is 0 Å². The van der Waals surface area contributed by atoms with Gasteiger partial charge in [-0.05, 0) is 54.0 Å². The van der Waals surface area contributed by atoms with Crippen molar-refractivity contribution in [1.82, 2.24) is 4.57 Å². The summed E-state index contributed by atoms with van der Waals surface area (Å²) in [6, 6.07) is 32.6. The van der Waals surface area contributed by atoms with Gasteiger partial charge in [-0.2, -0.15) is 0 Å². The molecule has 0 radical (unpaired) electrons. The lowest BCUT2D eigenvalue weighted by atomic mass is 10.0. The molecular formula is C33H39NS. The average molecular weight is 482 g/mol. The Morgan fingerprint density at radius 2 is 1.20 bits per heavy atom. The van der Waals surface area contributed by atoms with E-state index in [0.29, 0.717) is 0 Å². The fraction of sp³-hybridized carbons (Fsp3) is 0.273. The molecule has 5 aromatic rings. The molecule has 0 amide bonds. The Hall–Kier alpha value is -3.10. The highest BCUT2D eigenvalue weighted by Crippen LogP contribution is 2.44.